The molecule has 0 aromatic heterocycles. The van der Waals surface area contributed by atoms with E-state index in [0.29, 0.717) is 18.4 Å². The van der Waals surface area contributed by atoms with E-state index in [4.69, 9.17) is 11.6 Å². The maximum atomic E-state index is 12.6. The van der Waals surface area contributed by atoms with Crippen LogP contribution in [0.2, 0.25) is 5.02 Å². The Morgan fingerprint density at radius 1 is 1.24 bits per heavy atom. The minimum atomic E-state index is -4.40. The Morgan fingerprint density at radius 3 is 2.29 bits per heavy atom. The molecule has 1 aliphatic rings. The van der Waals surface area contributed by atoms with Crippen molar-refractivity contribution >= 4 is 11.6 Å². The van der Waals surface area contributed by atoms with Gasteiger partial charge in [0.2, 0.25) is 0 Å². The fourth-order valence-corrected chi connectivity index (χ4v) is 2.44. The fourth-order valence-electron chi connectivity index (χ4n) is 2.20. The van der Waals surface area contributed by atoms with Crippen LogP contribution in [0.25, 0.3) is 0 Å². The van der Waals surface area contributed by atoms with Crippen LogP contribution in [0, 0.1) is 0 Å². The van der Waals surface area contributed by atoms with Crippen LogP contribution in [-0.4, -0.2) is 11.7 Å². The molecular formula is C12H12ClF3O. The lowest BCUT2D eigenvalue weighted by Crippen LogP contribution is -2.38. The molecule has 1 fully saturated rings. The average Bonchev–Trinajstić information content (AvgIpc) is 2.14. The van der Waals surface area contributed by atoms with Crippen molar-refractivity contribution in [1.29, 1.82) is 0 Å². The highest BCUT2D eigenvalue weighted by Crippen LogP contribution is 2.45. The summed E-state index contributed by atoms with van der Waals surface area (Å²) in [5.41, 5.74) is -0.781. The summed E-state index contributed by atoms with van der Waals surface area (Å²) >= 11 is 5.72. The zero-order chi connectivity index (χ0) is 12.7. The summed E-state index contributed by atoms with van der Waals surface area (Å²) in [5, 5.41) is 9.41. The molecule has 0 radical (unpaired) electrons. The SMILES string of the molecule is OCC1(c2cc(Cl)cc(C(F)(F)F)c2)CCC1. The van der Waals surface area contributed by atoms with Gasteiger partial charge in [0.05, 0.1) is 12.2 Å². The summed E-state index contributed by atoms with van der Waals surface area (Å²) < 4.78 is 37.9. The van der Waals surface area contributed by atoms with Gasteiger partial charge in [0, 0.05) is 10.4 Å². The van der Waals surface area contributed by atoms with E-state index >= 15 is 0 Å². The van der Waals surface area contributed by atoms with E-state index in [2.05, 4.69) is 0 Å². The lowest BCUT2D eigenvalue weighted by atomic mass is 9.65. The van der Waals surface area contributed by atoms with Crippen LogP contribution in [-0.2, 0) is 11.6 Å². The first-order valence-corrected chi connectivity index (χ1v) is 5.74. The van der Waals surface area contributed by atoms with Gasteiger partial charge in [-0.3, -0.25) is 0 Å². The number of alkyl halides is 3. The van der Waals surface area contributed by atoms with Gasteiger partial charge in [-0.25, -0.2) is 0 Å². The molecule has 0 saturated heterocycles. The number of rotatable bonds is 2. The lowest BCUT2D eigenvalue weighted by Gasteiger charge is -2.41. The summed E-state index contributed by atoms with van der Waals surface area (Å²) in [4.78, 5) is 0. The van der Waals surface area contributed by atoms with E-state index in [9.17, 15) is 18.3 Å². The monoisotopic (exact) mass is 264 g/mol. The van der Waals surface area contributed by atoms with E-state index in [1.54, 1.807) is 0 Å². The molecule has 0 spiro atoms. The van der Waals surface area contributed by atoms with Crippen LogP contribution < -0.4 is 0 Å². The fraction of sp³-hybridized carbons (Fsp3) is 0.500. The molecule has 1 N–H and O–H groups in total. The first-order valence-electron chi connectivity index (χ1n) is 5.36. The number of aliphatic hydroxyl groups excluding tert-OH is 1. The predicted molar refractivity (Wildman–Crippen MR) is 59.1 cm³/mol. The predicted octanol–water partition coefficient (Wildman–Crippen LogP) is 3.77. The Labute approximate surface area is 102 Å². The van der Waals surface area contributed by atoms with Gasteiger partial charge in [-0.05, 0) is 36.6 Å². The summed E-state index contributed by atoms with van der Waals surface area (Å²) in [6.45, 7) is -0.134. The third kappa shape index (κ3) is 2.29. The van der Waals surface area contributed by atoms with Crippen molar-refractivity contribution in [2.75, 3.05) is 6.61 Å². The molecular weight excluding hydrogens is 253 g/mol. The third-order valence-corrected chi connectivity index (χ3v) is 3.67. The molecule has 1 aliphatic carbocycles. The van der Waals surface area contributed by atoms with Gasteiger partial charge in [0.1, 0.15) is 0 Å². The zero-order valence-corrected chi connectivity index (χ0v) is 9.78. The number of aliphatic hydroxyl groups is 1. The van der Waals surface area contributed by atoms with Crippen molar-refractivity contribution in [1.82, 2.24) is 0 Å². The second-order valence-electron chi connectivity index (χ2n) is 4.52. The van der Waals surface area contributed by atoms with Crippen molar-refractivity contribution in [3.63, 3.8) is 0 Å². The standard InChI is InChI=1S/C12H12ClF3O/c13-10-5-8(11(7-17)2-1-3-11)4-9(6-10)12(14,15)16/h4-6,17H,1-3,7H2. The highest BCUT2D eigenvalue weighted by Gasteiger charge is 2.40. The second-order valence-corrected chi connectivity index (χ2v) is 4.95. The Hall–Kier alpha value is -0.740. The molecule has 1 saturated carbocycles. The van der Waals surface area contributed by atoms with Gasteiger partial charge in [0.15, 0.2) is 0 Å². The van der Waals surface area contributed by atoms with Crippen LogP contribution in [0.3, 0.4) is 0 Å². The minimum Gasteiger partial charge on any atom is -0.395 e. The smallest absolute Gasteiger partial charge is 0.395 e. The second kappa shape index (κ2) is 4.18. The molecule has 0 aliphatic heterocycles. The number of hydrogen-bond donors (Lipinski definition) is 1. The Bertz CT molecular complexity index is 419. The number of benzene rings is 1. The highest BCUT2D eigenvalue weighted by molar-refractivity contribution is 6.30. The van der Waals surface area contributed by atoms with E-state index < -0.39 is 17.2 Å². The lowest BCUT2D eigenvalue weighted by molar-refractivity contribution is -0.137. The largest absolute Gasteiger partial charge is 0.416 e. The Balaban J connectivity index is 2.45. The number of halogens is 4. The highest BCUT2D eigenvalue weighted by atomic mass is 35.5. The van der Waals surface area contributed by atoms with Crippen LogP contribution in [0.5, 0.6) is 0 Å². The normalized spacial score (nSPS) is 18.9. The van der Waals surface area contributed by atoms with Crippen LogP contribution in [0.15, 0.2) is 18.2 Å². The zero-order valence-electron chi connectivity index (χ0n) is 9.02. The molecule has 2 rings (SSSR count). The van der Waals surface area contributed by atoms with Crippen molar-refractivity contribution in [3.05, 3.63) is 34.3 Å². The summed E-state index contributed by atoms with van der Waals surface area (Å²) in [7, 11) is 0. The van der Waals surface area contributed by atoms with Gasteiger partial charge < -0.3 is 5.11 Å². The molecule has 5 heteroatoms. The van der Waals surface area contributed by atoms with E-state index in [1.165, 1.54) is 6.07 Å². The maximum absolute atomic E-state index is 12.6. The molecule has 94 valence electrons. The van der Waals surface area contributed by atoms with Gasteiger partial charge in [-0.15, -0.1) is 0 Å². The molecule has 0 unspecified atom stereocenters. The van der Waals surface area contributed by atoms with Crippen molar-refractivity contribution < 1.29 is 18.3 Å². The van der Waals surface area contributed by atoms with E-state index in [-0.39, 0.29) is 11.6 Å². The molecule has 1 aromatic rings. The quantitative estimate of drug-likeness (QED) is 0.862. The Morgan fingerprint density at radius 2 is 1.88 bits per heavy atom. The van der Waals surface area contributed by atoms with Crippen molar-refractivity contribution in [2.24, 2.45) is 0 Å². The van der Waals surface area contributed by atoms with Gasteiger partial charge in [0.25, 0.3) is 0 Å². The first kappa shape index (κ1) is 12.7. The molecule has 0 amide bonds. The summed E-state index contributed by atoms with van der Waals surface area (Å²) in [6.07, 6.45) is -2.06. The third-order valence-electron chi connectivity index (χ3n) is 3.45. The van der Waals surface area contributed by atoms with Crippen molar-refractivity contribution in [2.45, 2.75) is 30.9 Å². The topological polar surface area (TPSA) is 20.2 Å². The van der Waals surface area contributed by atoms with Gasteiger partial charge in [-0.2, -0.15) is 13.2 Å². The molecule has 1 nitrogen and oxygen atoms in total. The molecule has 0 heterocycles. The summed E-state index contributed by atoms with van der Waals surface area (Å²) in [5.74, 6) is 0. The summed E-state index contributed by atoms with van der Waals surface area (Å²) in [6, 6.07) is 3.53. The van der Waals surface area contributed by atoms with E-state index in [0.717, 1.165) is 18.6 Å². The van der Waals surface area contributed by atoms with Gasteiger partial charge >= 0.3 is 6.18 Å². The number of hydrogen-bond acceptors (Lipinski definition) is 1. The molecule has 0 atom stereocenters. The maximum Gasteiger partial charge on any atom is 0.416 e. The molecule has 0 bridgehead atoms. The first-order chi connectivity index (χ1) is 7.87. The van der Waals surface area contributed by atoms with Crippen LogP contribution in [0.4, 0.5) is 13.2 Å². The van der Waals surface area contributed by atoms with Crippen LogP contribution >= 0.6 is 11.6 Å². The van der Waals surface area contributed by atoms with E-state index in [1.807, 2.05) is 0 Å². The molecule has 17 heavy (non-hydrogen) atoms. The Kier molecular flexibility index (Phi) is 3.12. The van der Waals surface area contributed by atoms with Gasteiger partial charge in [-0.1, -0.05) is 18.0 Å². The van der Waals surface area contributed by atoms with Crippen LogP contribution in [0.1, 0.15) is 30.4 Å². The van der Waals surface area contributed by atoms with Crippen molar-refractivity contribution in [3.8, 4) is 0 Å². The average molecular weight is 265 g/mol. The molecule has 1 aromatic carbocycles. The minimum absolute atomic E-state index is 0.0644.